The molecule has 1 aromatic rings. The average Bonchev–Trinajstić information content (AvgIpc) is 3.50. The lowest BCUT2D eigenvalue weighted by Gasteiger charge is -2.20. The molecule has 8 heteroatoms. The van der Waals surface area contributed by atoms with Gasteiger partial charge in [-0.1, -0.05) is 32.3 Å². The molecule has 3 rings (SSSR count). The lowest BCUT2D eigenvalue weighted by atomic mass is 10.1. The summed E-state index contributed by atoms with van der Waals surface area (Å²) in [6, 6.07) is 6.83. The number of carbonyl (C=O) groups is 3. The lowest BCUT2D eigenvalue weighted by Crippen LogP contribution is -2.49. The summed E-state index contributed by atoms with van der Waals surface area (Å²) in [5.41, 5.74) is 1.82. The minimum atomic E-state index is -0.647. The van der Waals surface area contributed by atoms with Crippen molar-refractivity contribution in [2.75, 3.05) is 36.4 Å². The molecule has 1 aliphatic carbocycles. The van der Waals surface area contributed by atoms with Gasteiger partial charge in [0.25, 0.3) is 0 Å². The highest BCUT2D eigenvalue weighted by atomic mass is 16.2. The first-order valence-electron chi connectivity index (χ1n) is 12.0. The van der Waals surface area contributed by atoms with Crippen LogP contribution in [0.25, 0.3) is 0 Å². The summed E-state index contributed by atoms with van der Waals surface area (Å²) >= 11 is 0. The fourth-order valence-corrected chi connectivity index (χ4v) is 4.46. The highest BCUT2D eigenvalue weighted by Crippen LogP contribution is 2.24. The predicted octanol–water partition coefficient (Wildman–Crippen LogP) is 3.00. The first-order valence-corrected chi connectivity index (χ1v) is 12.0. The summed E-state index contributed by atoms with van der Waals surface area (Å²) in [6.07, 6.45) is 8.39. The predicted molar refractivity (Wildman–Crippen MR) is 127 cm³/mol. The van der Waals surface area contributed by atoms with Crippen molar-refractivity contribution in [2.45, 2.75) is 64.3 Å². The van der Waals surface area contributed by atoms with Crippen LogP contribution in [0, 0.1) is 5.92 Å². The standard InChI is InChI=1S/C24H37N5O3/c1-2-8-21(28-22(30)17-26-24(32)25-16-18-9-3-4-10-18)23(31)27-19-11-7-12-20(15-19)29-13-5-6-14-29/h7,11-12,15,18,21H,2-6,8-10,13-14,16-17H2,1H3,(H,27,31)(H,28,30)(H2,25,26,32). The number of nitrogens with one attached hydrogen (secondary N) is 4. The minimum Gasteiger partial charge on any atom is -0.371 e. The average molecular weight is 444 g/mol. The van der Waals surface area contributed by atoms with Crippen LogP contribution in [-0.4, -0.2) is 50.1 Å². The van der Waals surface area contributed by atoms with Crippen LogP contribution in [0.4, 0.5) is 16.2 Å². The third kappa shape index (κ3) is 7.43. The van der Waals surface area contributed by atoms with Crippen LogP contribution in [0.5, 0.6) is 0 Å². The Hall–Kier alpha value is -2.77. The van der Waals surface area contributed by atoms with Gasteiger partial charge >= 0.3 is 6.03 Å². The lowest BCUT2D eigenvalue weighted by molar-refractivity contribution is -0.126. The molecule has 2 fully saturated rings. The second-order valence-electron chi connectivity index (χ2n) is 8.86. The third-order valence-corrected chi connectivity index (χ3v) is 6.25. The number of nitrogens with zero attached hydrogens (tertiary/aromatic N) is 1. The molecule has 8 nitrogen and oxygen atoms in total. The summed E-state index contributed by atoms with van der Waals surface area (Å²) in [5, 5.41) is 11.1. The number of rotatable bonds is 10. The maximum Gasteiger partial charge on any atom is 0.315 e. The van der Waals surface area contributed by atoms with E-state index in [1.54, 1.807) is 0 Å². The van der Waals surface area contributed by atoms with Crippen molar-refractivity contribution in [1.29, 1.82) is 0 Å². The van der Waals surface area contributed by atoms with E-state index in [1.165, 1.54) is 25.7 Å². The van der Waals surface area contributed by atoms with Crippen LogP contribution >= 0.6 is 0 Å². The number of amides is 4. The molecule has 0 spiro atoms. The van der Waals surface area contributed by atoms with E-state index < -0.39 is 6.04 Å². The summed E-state index contributed by atoms with van der Waals surface area (Å²) in [7, 11) is 0. The molecule has 176 valence electrons. The van der Waals surface area contributed by atoms with Crippen molar-refractivity contribution >= 4 is 29.2 Å². The number of hydrogen-bond acceptors (Lipinski definition) is 4. The molecule has 1 unspecified atom stereocenters. The number of hydrogen-bond donors (Lipinski definition) is 4. The van der Waals surface area contributed by atoms with Crippen LogP contribution in [-0.2, 0) is 9.59 Å². The molecular formula is C24H37N5O3. The molecule has 4 N–H and O–H groups in total. The molecule has 4 amide bonds. The van der Waals surface area contributed by atoms with E-state index in [4.69, 9.17) is 0 Å². The molecule has 1 atom stereocenters. The van der Waals surface area contributed by atoms with Gasteiger partial charge in [0.2, 0.25) is 11.8 Å². The molecule has 0 radical (unpaired) electrons. The highest BCUT2D eigenvalue weighted by Gasteiger charge is 2.21. The Bertz CT molecular complexity index is 773. The Balaban J connectivity index is 1.45. The van der Waals surface area contributed by atoms with Gasteiger partial charge in [-0.2, -0.15) is 0 Å². The molecule has 1 heterocycles. The zero-order chi connectivity index (χ0) is 22.8. The van der Waals surface area contributed by atoms with Gasteiger partial charge in [0.05, 0.1) is 6.54 Å². The minimum absolute atomic E-state index is 0.158. The normalized spacial score (nSPS) is 17.1. The first-order chi connectivity index (χ1) is 15.5. The molecule has 32 heavy (non-hydrogen) atoms. The maximum absolute atomic E-state index is 12.8. The maximum atomic E-state index is 12.8. The second-order valence-corrected chi connectivity index (χ2v) is 8.86. The van der Waals surface area contributed by atoms with E-state index in [1.807, 2.05) is 25.1 Å². The quantitative estimate of drug-likeness (QED) is 0.446. The van der Waals surface area contributed by atoms with Gasteiger partial charge in [-0.05, 0) is 56.2 Å². The van der Waals surface area contributed by atoms with Gasteiger partial charge in [-0.25, -0.2) is 4.79 Å². The molecule has 1 aliphatic heterocycles. The third-order valence-electron chi connectivity index (χ3n) is 6.25. The van der Waals surface area contributed by atoms with Gasteiger partial charge in [0.15, 0.2) is 0 Å². The Morgan fingerprint density at radius 3 is 2.53 bits per heavy atom. The number of urea groups is 1. The van der Waals surface area contributed by atoms with Crippen molar-refractivity contribution < 1.29 is 14.4 Å². The Labute approximate surface area is 190 Å². The largest absolute Gasteiger partial charge is 0.371 e. The monoisotopic (exact) mass is 443 g/mol. The first kappa shape index (κ1) is 23.9. The van der Waals surface area contributed by atoms with Crippen molar-refractivity contribution in [1.82, 2.24) is 16.0 Å². The van der Waals surface area contributed by atoms with Crippen molar-refractivity contribution in [2.24, 2.45) is 5.92 Å². The van der Waals surface area contributed by atoms with Gasteiger partial charge in [-0.15, -0.1) is 0 Å². The van der Waals surface area contributed by atoms with Gasteiger partial charge in [0, 0.05) is 31.0 Å². The topological polar surface area (TPSA) is 103 Å². The summed E-state index contributed by atoms with van der Waals surface area (Å²) in [5.74, 6) is -0.0823. The molecule has 1 aromatic carbocycles. The fourth-order valence-electron chi connectivity index (χ4n) is 4.46. The van der Waals surface area contributed by atoms with Crippen molar-refractivity contribution in [3.8, 4) is 0 Å². The van der Waals surface area contributed by atoms with E-state index in [0.29, 0.717) is 18.9 Å². The Kier molecular flexibility index (Phi) is 9.19. The second kappa shape index (κ2) is 12.3. The molecule has 1 saturated carbocycles. The van der Waals surface area contributed by atoms with Crippen LogP contribution < -0.4 is 26.2 Å². The number of anilines is 2. The smallest absolute Gasteiger partial charge is 0.315 e. The van der Waals surface area contributed by atoms with Crippen LogP contribution in [0.2, 0.25) is 0 Å². The zero-order valence-corrected chi connectivity index (χ0v) is 19.1. The van der Waals surface area contributed by atoms with Crippen molar-refractivity contribution in [3.05, 3.63) is 24.3 Å². The number of carbonyl (C=O) groups excluding carboxylic acids is 3. The van der Waals surface area contributed by atoms with E-state index in [0.717, 1.165) is 43.7 Å². The van der Waals surface area contributed by atoms with Crippen LogP contribution in [0.15, 0.2) is 24.3 Å². The molecular weight excluding hydrogens is 406 g/mol. The summed E-state index contributed by atoms with van der Waals surface area (Å²) < 4.78 is 0. The van der Waals surface area contributed by atoms with Crippen LogP contribution in [0.3, 0.4) is 0 Å². The number of benzene rings is 1. The summed E-state index contributed by atoms with van der Waals surface area (Å²) in [6.45, 7) is 4.52. The van der Waals surface area contributed by atoms with Crippen molar-refractivity contribution in [3.63, 3.8) is 0 Å². The molecule has 1 saturated heterocycles. The van der Waals surface area contributed by atoms with Gasteiger partial charge in [-0.3, -0.25) is 9.59 Å². The summed E-state index contributed by atoms with van der Waals surface area (Å²) in [4.78, 5) is 39.4. The molecule has 2 aliphatic rings. The van der Waals surface area contributed by atoms with Crippen LogP contribution in [0.1, 0.15) is 58.3 Å². The van der Waals surface area contributed by atoms with Gasteiger partial charge in [0.1, 0.15) is 6.04 Å². The zero-order valence-electron chi connectivity index (χ0n) is 19.1. The SMILES string of the molecule is CCCC(NC(=O)CNC(=O)NCC1CCCC1)C(=O)Nc1cccc(N2CCCC2)c1. The Morgan fingerprint density at radius 2 is 1.81 bits per heavy atom. The van der Waals surface area contributed by atoms with E-state index >= 15 is 0 Å². The van der Waals surface area contributed by atoms with Gasteiger partial charge < -0.3 is 26.2 Å². The van der Waals surface area contributed by atoms with E-state index in [-0.39, 0.29) is 24.4 Å². The molecule has 0 bridgehead atoms. The molecule has 0 aromatic heterocycles. The highest BCUT2D eigenvalue weighted by molar-refractivity contribution is 5.98. The van der Waals surface area contributed by atoms with E-state index in [9.17, 15) is 14.4 Å². The van der Waals surface area contributed by atoms with E-state index in [2.05, 4.69) is 32.2 Å². The fraction of sp³-hybridized carbons (Fsp3) is 0.625. The Morgan fingerprint density at radius 1 is 1.06 bits per heavy atom.